The Kier molecular flexibility index (Phi) is 7.07. The molecule has 0 aliphatic carbocycles. The van der Waals surface area contributed by atoms with Crippen molar-refractivity contribution in [3.8, 4) is 0 Å². The summed E-state index contributed by atoms with van der Waals surface area (Å²) in [5.41, 5.74) is 2.53. The van der Waals surface area contributed by atoms with Crippen LogP contribution in [0.3, 0.4) is 0 Å². The molecule has 0 atom stereocenters. The SMILES string of the molecule is Cc1ccc(/C(O)=C(/C(=S)NCc2ccccc2)[n+]2cccc(CO)c2)cc1[N+](=O)[O-]. The van der Waals surface area contributed by atoms with Crippen LogP contribution in [0.4, 0.5) is 5.69 Å². The van der Waals surface area contributed by atoms with Crippen LogP contribution in [0.1, 0.15) is 22.3 Å². The highest BCUT2D eigenvalue weighted by Gasteiger charge is 2.25. The quantitative estimate of drug-likeness (QED) is 0.130. The first kappa shape index (κ1) is 22.1. The highest BCUT2D eigenvalue weighted by atomic mass is 32.1. The molecule has 0 radical (unpaired) electrons. The molecule has 3 rings (SSSR count). The number of nitrogens with zero attached hydrogens (tertiary/aromatic N) is 2. The number of aryl methyl sites for hydroxylation is 1. The van der Waals surface area contributed by atoms with Gasteiger partial charge in [-0.2, -0.15) is 4.57 Å². The lowest BCUT2D eigenvalue weighted by atomic mass is 10.1. The highest BCUT2D eigenvalue weighted by Crippen LogP contribution is 2.25. The van der Waals surface area contributed by atoms with Crippen LogP contribution in [-0.2, 0) is 13.2 Å². The number of benzene rings is 2. The number of hydrogen-bond donors (Lipinski definition) is 3. The summed E-state index contributed by atoms with van der Waals surface area (Å²) in [5.74, 6) is -0.214. The van der Waals surface area contributed by atoms with E-state index in [2.05, 4.69) is 5.32 Å². The maximum absolute atomic E-state index is 11.3. The van der Waals surface area contributed by atoms with E-state index in [4.69, 9.17) is 12.2 Å². The lowest BCUT2D eigenvalue weighted by Crippen LogP contribution is -2.41. The Balaban J connectivity index is 2.07. The van der Waals surface area contributed by atoms with Gasteiger partial charge < -0.3 is 15.5 Å². The number of aliphatic hydroxyl groups excluding tert-OH is 2. The number of hydrogen-bond acceptors (Lipinski definition) is 5. The number of nitro benzene ring substituents is 1. The first-order valence-electron chi connectivity index (χ1n) is 9.53. The first-order valence-corrected chi connectivity index (χ1v) is 9.93. The molecule has 158 valence electrons. The van der Waals surface area contributed by atoms with Crippen LogP contribution in [-0.4, -0.2) is 20.1 Å². The number of aromatic nitrogens is 1. The summed E-state index contributed by atoms with van der Waals surface area (Å²) in [6.45, 7) is 1.88. The molecule has 0 saturated heterocycles. The maximum atomic E-state index is 11.3. The fourth-order valence-electron chi connectivity index (χ4n) is 3.06. The third kappa shape index (κ3) is 5.30. The van der Waals surface area contributed by atoms with E-state index < -0.39 is 4.92 Å². The van der Waals surface area contributed by atoms with Gasteiger partial charge in [0.05, 0.1) is 11.5 Å². The number of nitrogens with one attached hydrogen (secondary N) is 1. The largest absolute Gasteiger partial charge is 0.502 e. The molecule has 1 aromatic heterocycles. The van der Waals surface area contributed by atoms with Crippen LogP contribution in [0, 0.1) is 17.0 Å². The van der Waals surface area contributed by atoms with Gasteiger partial charge in [-0.05, 0) is 18.6 Å². The molecule has 7 nitrogen and oxygen atoms in total. The van der Waals surface area contributed by atoms with Gasteiger partial charge in [0.25, 0.3) is 11.4 Å². The van der Waals surface area contributed by atoms with Crippen molar-refractivity contribution in [1.29, 1.82) is 0 Å². The van der Waals surface area contributed by atoms with Crippen LogP contribution in [0.5, 0.6) is 0 Å². The molecule has 0 spiro atoms. The Morgan fingerprint density at radius 2 is 1.84 bits per heavy atom. The zero-order valence-electron chi connectivity index (χ0n) is 16.9. The van der Waals surface area contributed by atoms with Crippen molar-refractivity contribution in [1.82, 2.24) is 5.32 Å². The molecule has 0 bridgehead atoms. The summed E-state index contributed by atoms with van der Waals surface area (Å²) in [4.78, 5) is 11.1. The molecule has 0 saturated carbocycles. The van der Waals surface area contributed by atoms with E-state index >= 15 is 0 Å². The summed E-state index contributed by atoms with van der Waals surface area (Å²) in [6, 6.07) is 17.6. The lowest BCUT2D eigenvalue weighted by Gasteiger charge is -2.11. The second kappa shape index (κ2) is 9.92. The minimum Gasteiger partial charge on any atom is -0.502 e. The van der Waals surface area contributed by atoms with E-state index in [-0.39, 0.29) is 34.3 Å². The minimum atomic E-state index is -0.489. The van der Waals surface area contributed by atoms with Crippen molar-refractivity contribution >= 4 is 34.3 Å². The molecule has 8 heteroatoms. The van der Waals surface area contributed by atoms with E-state index in [0.29, 0.717) is 17.7 Å². The molecule has 31 heavy (non-hydrogen) atoms. The molecule has 0 unspecified atom stereocenters. The second-order valence-corrected chi connectivity index (χ2v) is 7.31. The number of thiocarbonyl (C=S) groups is 1. The van der Waals surface area contributed by atoms with E-state index in [1.54, 1.807) is 48.1 Å². The van der Waals surface area contributed by atoms with Gasteiger partial charge >= 0.3 is 0 Å². The van der Waals surface area contributed by atoms with E-state index in [0.717, 1.165) is 5.56 Å². The third-order valence-corrected chi connectivity index (χ3v) is 5.05. The van der Waals surface area contributed by atoms with Crippen LogP contribution in [0.25, 0.3) is 11.5 Å². The Bertz CT molecular complexity index is 1150. The number of rotatable bonds is 7. The van der Waals surface area contributed by atoms with Crippen LogP contribution >= 0.6 is 12.2 Å². The molecule has 2 aromatic carbocycles. The Morgan fingerprint density at radius 3 is 2.52 bits per heavy atom. The first-order chi connectivity index (χ1) is 14.9. The van der Waals surface area contributed by atoms with Gasteiger partial charge in [0.2, 0.25) is 0 Å². The van der Waals surface area contributed by atoms with Crippen LogP contribution < -0.4 is 9.88 Å². The number of aliphatic hydroxyl groups is 2. The van der Waals surface area contributed by atoms with Gasteiger partial charge in [-0.1, -0.05) is 54.7 Å². The van der Waals surface area contributed by atoms with Gasteiger partial charge in [0.15, 0.2) is 23.1 Å². The predicted molar refractivity (Wildman–Crippen MR) is 122 cm³/mol. The van der Waals surface area contributed by atoms with Crippen LogP contribution in [0.15, 0.2) is 73.1 Å². The standard InChI is InChI=1S/C23H21N3O4S/c1-16-9-10-19(12-20(16)26(29)30)22(28)21(25-11-5-8-18(14-25)15-27)23(31)24-13-17-6-3-2-4-7-17/h2-12,14,27H,13,15H2,1H3,(H-,24,28,31)/p+1. The van der Waals surface area contributed by atoms with E-state index in [9.17, 15) is 20.3 Å². The second-order valence-electron chi connectivity index (χ2n) is 6.90. The summed E-state index contributed by atoms with van der Waals surface area (Å²) in [5, 5.41) is 35.1. The molecule has 0 fully saturated rings. The molecule has 3 N–H and O–H groups in total. The molecule has 1 heterocycles. The van der Waals surface area contributed by atoms with Gasteiger partial charge in [-0.15, -0.1) is 0 Å². The van der Waals surface area contributed by atoms with Gasteiger partial charge in [0.1, 0.15) is 0 Å². The summed E-state index contributed by atoms with van der Waals surface area (Å²) < 4.78 is 1.59. The monoisotopic (exact) mass is 436 g/mol. The highest BCUT2D eigenvalue weighted by molar-refractivity contribution is 7.81. The minimum absolute atomic E-state index is 0.0966. The number of nitro groups is 1. The fourth-order valence-corrected chi connectivity index (χ4v) is 3.33. The maximum Gasteiger partial charge on any atom is 0.288 e. The van der Waals surface area contributed by atoms with Crippen molar-refractivity contribution < 1.29 is 19.7 Å². The van der Waals surface area contributed by atoms with Gasteiger partial charge in [-0.25, -0.2) is 0 Å². The summed E-state index contributed by atoms with van der Waals surface area (Å²) in [6.07, 6.45) is 3.33. The Labute approximate surface area is 185 Å². The van der Waals surface area contributed by atoms with E-state index in [1.807, 2.05) is 30.3 Å². The van der Waals surface area contributed by atoms with Crippen molar-refractivity contribution in [3.05, 3.63) is 105 Å². The fraction of sp³-hybridized carbons (Fsp3) is 0.130. The molecular formula is C23H22N3O4S+. The molecule has 0 amide bonds. The van der Waals surface area contributed by atoms with E-state index in [1.165, 1.54) is 6.07 Å². The average molecular weight is 437 g/mol. The smallest absolute Gasteiger partial charge is 0.288 e. The zero-order chi connectivity index (χ0) is 22.4. The average Bonchev–Trinajstić information content (AvgIpc) is 2.78. The number of pyridine rings is 1. The third-order valence-electron chi connectivity index (χ3n) is 4.72. The Hall–Kier alpha value is -3.62. The molecule has 0 aliphatic rings. The zero-order valence-corrected chi connectivity index (χ0v) is 17.7. The van der Waals surface area contributed by atoms with Gasteiger partial charge in [-0.3, -0.25) is 10.1 Å². The van der Waals surface area contributed by atoms with Crippen molar-refractivity contribution in [3.63, 3.8) is 0 Å². The Morgan fingerprint density at radius 1 is 1.13 bits per heavy atom. The molecule has 3 aromatic rings. The summed E-state index contributed by atoms with van der Waals surface area (Å²) >= 11 is 5.58. The predicted octanol–water partition coefficient (Wildman–Crippen LogP) is 3.68. The van der Waals surface area contributed by atoms with Crippen molar-refractivity contribution in [2.45, 2.75) is 20.1 Å². The topological polar surface area (TPSA) is 99.5 Å². The van der Waals surface area contributed by atoms with Crippen molar-refractivity contribution in [2.24, 2.45) is 0 Å². The van der Waals surface area contributed by atoms with Crippen LogP contribution in [0.2, 0.25) is 0 Å². The normalized spacial score (nSPS) is 11.5. The van der Waals surface area contributed by atoms with Crippen molar-refractivity contribution in [2.75, 3.05) is 0 Å². The lowest BCUT2D eigenvalue weighted by molar-refractivity contribution is -0.576. The summed E-state index contributed by atoms with van der Waals surface area (Å²) in [7, 11) is 0. The van der Waals surface area contributed by atoms with Gasteiger partial charge in [0, 0.05) is 35.4 Å². The molecular weight excluding hydrogens is 414 g/mol. The molecule has 0 aliphatic heterocycles.